The van der Waals surface area contributed by atoms with E-state index in [2.05, 4.69) is 20.9 Å². The zero-order chi connectivity index (χ0) is 13.5. The predicted octanol–water partition coefficient (Wildman–Crippen LogP) is 2.74. The van der Waals surface area contributed by atoms with E-state index in [0.717, 1.165) is 16.7 Å². The summed E-state index contributed by atoms with van der Waals surface area (Å²) in [4.78, 5) is 14.2. The largest absolute Gasteiger partial charge is 0.471 e. The Bertz CT molecular complexity index is 622. The molecule has 0 aliphatic heterocycles. The third kappa shape index (κ3) is 2.45. The number of anilines is 1. The van der Waals surface area contributed by atoms with Crippen molar-refractivity contribution >= 4 is 33.3 Å². The molecular weight excluding hydrogens is 322 g/mol. The fourth-order valence-electron chi connectivity index (χ4n) is 1.27. The standard InChI is InChI=1S/C9H4BrF4N3O/c10-4-1-5(11)7-15-6(3-17(7)2-4)16-8(18)9(12,13)14/h1-3H,(H,16,18). The second kappa shape index (κ2) is 4.23. The van der Waals surface area contributed by atoms with E-state index in [0.29, 0.717) is 4.47 Å². The molecule has 2 heterocycles. The molecule has 0 atom stereocenters. The van der Waals surface area contributed by atoms with Crippen molar-refractivity contribution in [3.8, 4) is 0 Å². The maximum absolute atomic E-state index is 13.4. The van der Waals surface area contributed by atoms with Crippen molar-refractivity contribution in [2.45, 2.75) is 6.18 Å². The van der Waals surface area contributed by atoms with Gasteiger partial charge in [0.1, 0.15) is 0 Å². The lowest BCUT2D eigenvalue weighted by molar-refractivity contribution is -0.167. The smallest absolute Gasteiger partial charge is 0.301 e. The minimum absolute atomic E-state index is 0.185. The van der Waals surface area contributed by atoms with Crippen LogP contribution in [-0.4, -0.2) is 21.5 Å². The first-order chi connectivity index (χ1) is 8.27. The fourth-order valence-corrected chi connectivity index (χ4v) is 1.69. The van der Waals surface area contributed by atoms with E-state index in [1.165, 1.54) is 6.20 Å². The Morgan fingerprint density at radius 2 is 2.06 bits per heavy atom. The highest BCUT2D eigenvalue weighted by Gasteiger charge is 2.39. The Hall–Kier alpha value is -1.64. The first-order valence-electron chi connectivity index (χ1n) is 4.49. The molecule has 0 aliphatic rings. The summed E-state index contributed by atoms with van der Waals surface area (Å²) in [6.45, 7) is 0. The molecule has 0 aliphatic carbocycles. The van der Waals surface area contributed by atoms with Crippen molar-refractivity contribution in [1.82, 2.24) is 9.38 Å². The van der Waals surface area contributed by atoms with Crippen molar-refractivity contribution in [3.63, 3.8) is 0 Å². The number of nitrogens with zero attached hydrogens (tertiary/aromatic N) is 2. The Balaban J connectivity index is 2.37. The Labute approximate surface area is 106 Å². The molecule has 0 unspecified atom stereocenters. The highest BCUT2D eigenvalue weighted by atomic mass is 79.9. The number of fused-ring (bicyclic) bond motifs is 1. The van der Waals surface area contributed by atoms with Crippen molar-refractivity contribution in [1.29, 1.82) is 0 Å². The Kier molecular flexibility index (Phi) is 3.01. The third-order valence-electron chi connectivity index (χ3n) is 1.97. The van der Waals surface area contributed by atoms with E-state index in [1.807, 2.05) is 0 Å². The maximum Gasteiger partial charge on any atom is 0.471 e. The number of hydrogen-bond acceptors (Lipinski definition) is 2. The van der Waals surface area contributed by atoms with E-state index in [4.69, 9.17) is 0 Å². The molecule has 1 amide bonds. The van der Waals surface area contributed by atoms with Crippen molar-refractivity contribution in [3.05, 3.63) is 28.7 Å². The van der Waals surface area contributed by atoms with Gasteiger partial charge in [-0.2, -0.15) is 13.2 Å². The van der Waals surface area contributed by atoms with Gasteiger partial charge in [0.15, 0.2) is 17.3 Å². The van der Waals surface area contributed by atoms with Gasteiger partial charge >= 0.3 is 12.1 Å². The van der Waals surface area contributed by atoms with Crippen LogP contribution in [0.4, 0.5) is 23.4 Å². The monoisotopic (exact) mass is 325 g/mol. The molecule has 0 radical (unpaired) electrons. The number of alkyl halides is 3. The van der Waals surface area contributed by atoms with Gasteiger partial charge in [0, 0.05) is 10.7 Å². The molecule has 0 bridgehead atoms. The first kappa shape index (κ1) is 12.8. The molecule has 9 heteroatoms. The topological polar surface area (TPSA) is 46.4 Å². The summed E-state index contributed by atoms with van der Waals surface area (Å²) in [5, 5.41) is 1.54. The second-order valence-corrected chi connectivity index (χ2v) is 4.23. The number of amides is 1. The van der Waals surface area contributed by atoms with Gasteiger partial charge in [-0.05, 0) is 22.0 Å². The van der Waals surface area contributed by atoms with E-state index in [-0.39, 0.29) is 11.5 Å². The molecule has 2 aromatic rings. The minimum Gasteiger partial charge on any atom is -0.301 e. The van der Waals surface area contributed by atoms with E-state index in [1.54, 1.807) is 5.32 Å². The number of imidazole rings is 1. The summed E-state index contributed by atoms with van der Waals surface area (Å²) in [5.74, 6) is -3.27. The molecule has 1 N–H and O–H groups in total. The maximum atomic E-state index is 13.4. The van der Waals surface area contributed by atoms with Crippen LogP contribution in [0.1, 0.15) is 0 Å². The lowest BCUT2D eigenvalue weighted by Crippen LogP contribution is -2.30. The van der Waals surface area contributed by atoms with E-state index in [9.17, 15) is 22.4 Å². The molecule has 0 saturated carbocycles. The van der Waals surface area contributed by atoms with Gasteiger partial charge in [0.05, 0.1) is 6.20 Å². The van der Waals surface area contributed by atoms with Gasteiger partial charge < -0.3 is 9.72 Å². The highest BCUT2D eigenvalue weighted by molar-refractivity contribution is 9.10. The minimum atomic E-state index is -5.02. The number of nitrogens with one attached hydrogen (secondary N) is 1. The molecular formula is C9H4BrF4N3O. The van der Waals surface area contributed by atoms with Crippen LogP contribution in [0.5, 0.6) is 0 Å². The molecule has 0 spiro atoms. The molecule has 2 aromatic heterocycles. The van der Waals surface area contributed by atoms with Crippen LogP contribution in [0, 0.1) is 5.82 Å². The van der Waals surface area contributed by atoms with Crippen molar-refractivity contribution in [2.75, 3.05) is 5.32 Å². The summed E-state index contributed by atoms with van der Waals surface area (Å²) >= 11 is 3.02. The molecule has 0 fully saturated rings. The predicted molar refractivity (Wildman–Crippen MR) is 57.5 cm³/mol. The van der Waals surface area contributed by atoms with Gasteiger partial charge in [-0.1, -0.05) is 0 Å². The Morgan fingerprint density at radius 3 is 2.67 bits per heavy atom. The fraction of sp³-hybridized carbons (Fsp3) is 0.111. The SMILES string of the molecule is O=C(Nc1cn2cc(Br)cc(F)c2n1)C(F)(F)F. The average molecular weight is 326 g/mol. The summed E-state index contributed by atoms with van der Waals surface area (Å²) in [5.41, 5.74) is -0.185. The number of pyridine rings is 1. The van der Waals surface area contributed by atoms with Crippen LogP contribution >= 0.6 is 15.9 Å². The number of carbonyl (C=O) groups is 1. The molecule has 4 nitrogen and oxygen atoms in total. The summed E-state index contributed by atoms with van der Waals surface area (Å²) < 4.78 is 50.9. The normalized spacial score (nSPS) is 11.8. The van der Waals surface area contributed by atoms with Gasteiger partial charge in [-0.3, -0.25) is 4.79 Å². The zero-order valence-electron chi connectivity index (χ0n) is 8.42. The summed E-state index contributed by atoms with van der Waals surface area (Å²) in [7, 11) is 0. The van der Waals surface area contributed by atoms with Gasteiger partial charge in [0.2, 0.25) is 0 Å². The number of rotatable bonds is 1. The van der Waals surface area contributed by atoms with Crippen molar-refractivity contribution in [2.24, 2.45) is 0 Å². The van der Waals surface area contributed by atoms with Crippen LogP contribution in [0.3, 0.4) is 0 Å². The first-order valence-corrected chi connectivity index (χ1v) is 5.28. The van der Waals surface area contributed by atoms with E-state index < -0.39 is 17.9 Å². The van der Waals surface area contributed by atoms with Gasteiger partial charge in [-0.15, -0.1) is 0 Å². The van der Waals surface area contributed by atoms with Crippen LogP contribution < -0.4 is 5.32 Å². The number of halogens is 5. The van der Waals surface area contributed by atoms with Crippen LogP contribution in [0.15, 0.2) is 22.9 Å². The molecule has 18 heavy (non-hydrogen) atoms. The van der Waals surface area contributed by atoms with Gasteiger partial charge in [-0.25, -0.2) is 9.37 Å². The third-order valence-corrected chi connectivity index (χ3v) is 2.41. The second-order valence-electron chi connectivity index (χ2n) is 3.32. The van der Waals surface area contributed by atoms with Gasteiger partial charge in [0.25, 0.3) is 0 Å². The van der Waals surface area contributed by atoms with Crippen molar-refractivity contribution < 1.29 is 22.4 Å². The molecule has 2 rings (SSSR count). The lowest BCUT2D eigenvalue weighted by atomic mass is 10.4. The highest BCUT2D eigenvalue weighted by Crippen LogP contribution is 2.21. The van der Waals surface area contributed by atoms with Crippen LogP contribution in [0.25, 0.3) is 5.65 Å². The molecule has 96 valence electrons. The van der Waals surface area contributed by atoms with Crippen LogP contribution in [0.2, 0.25) is 0 Å². The summed E-state index contributed by atoms with van der Waals surface area (Å²) in [6, 6.07) is 1.11. The van der Waals surface area contributed by atoms with Crippen LogP contribution in [-0.2, 0) is 4.79 Å². The number of aromatic nitrogens is 2. The quantitative estimate of drug-likeness (QED) is 0.819. The molecule has 0 aromatic carbocycles. The lowest BCUT2D eigenvalue weighted by Gasteiger charge is -2.04. The summed E-state index contributed by atoms with van der Waals surface area (Å²) in [6.07, 6.45) is -2.55. The number of hydrogen-bond donors (Lipinski definition) is 1. The number of carbonyl (C=O) groups excluding carboxylic acids is 1. The zero-order valence-corrected chi connectivity index (χ0v) is 10.0. The molecule has 0 saturated heterocycles. The average Bonchev–Trinajstić information content (AvgIpc) is 2.58. The van der Waals surface area contributed by atoms with E-state index >= 15 is 0 Å². The Morgan fingerprint density at radius 1 is 1.39 bits per heavy atom.